The molecule has 1 saturated heterocycles. The van der Waals surface area contributed by atoms with E-state index < -0.39 is 5.91 Å². The first-order chi connectivity index (χ1) is 16.4. The van der Waals surface area contributed by atoms with Crippen molar-refractivity contribution in [3.05, 3.63) is 41.8 Å². The Kier molecular flexibility index (Phi) is 7.30. The number of hydrogen-bond acceptors (Lipinski definition) is 6. The number of nitrogens with one attached hydrogen (secondary N) is 1. The van der Waals surface area contributed by atoms with Gasteiger partial charge in [0.15, 0.2) is 5.82 Å². The zero-order valence-electron chi connectivity index (χ0n) is 19.0. The van der Waals surface area contributed by atoms with Crippen LogP contribution < -0.4 is 11.1 Å². The Morgan fingerprint density at radius 3 is 2.50 bits per heavy atom. The van der Waals surface area contributed by atoms with E-state index >= 15 is 0 Å². The lowest BCUT2D eigenvalue weighted by Gasteiger charge is -2.35. The Hall–Kier alpha value is -3.61. The maximum atomic E-state index is 13.2. The number of nitrogens with zero attached hydrogens (tertiary/aromatic N) is 4. The van der Waals surface area contributed by atoms with Crippen molar-refractivity contribution in [3.63, 3.8) is 0 Å². The number of nitriles is 1. The van der Waals surface area contributed by atoms with Gasteiger partial charge >= 0.3 is 6.09 Å². The molecule has 1 atom stereocenters. The summed E-state index contributed by atoms with van der Waals surface area (Å²) in [6.45, 7) is 1.09. The van der Waals surface area contributed by atoms with Crippen molar-refractivity contribution < 1.29 is 18.7 Å². The maximum absolute atomic E-state index is 13.2. The third-order valence-electron chi connectivity index (χ3n) is 6.66. The first-order valence-corrected chi connectivity index (χ1v) is 11.7. The van der Waals surface area contributed by atoms with Gasteiger partial charge in [0.25, 0.3) is 5.91 Å². The second-order valence-corrected chi connectivity index (χ2v) is 8.91. The molecule has 2 heterocycles. The fourth-order valence-corrected chi connectivity index (χ4v) is 4.76. The van der Waals surface area contributed by atoms with Gasteiger partial charge in [-0.25, -0.2) is 9.18 Å². The van der Waals surface area contributed by atoms with Crippen molar-refractivity contribution >= 4 is 23.5 Å². The molecule has 2 fully saturated rings. The second-order valence-electron chi connectivity index (χ2n) is 8.91. The lowest BCUT2D eigenvalue weighted by Crippen LogP contribution is -2.41. The van der Waals surface area contributed by atoms with Crippen LogP contribution >= 0.6 is 0 Å². The van der Waals surface area contributed by atoms with Crippen LogP contribution in [0.5, 0.6) is 0 Å². The fourth-order valence-electron chi connectivity index (χ4n) is 4.76. The molecule has 1 aliphatic heterocycles. The highest BCUT2D eigenvalue weighted by molar-refractivity contribution is 5.98. The van der Waals surface area contributed by atoms with Gasteiger partial charge in [0.2, 0.25) is 0 Å². The summed E-state index contributed by atoms with van der Waals surface area (Å²) in [5.74, 6) is -0.691. The molecule has 0 spiro atoms. The van der Waals surface area contributed by atoms with Crippen LogP contribution in [0.1, 0.15) is 61.3 Å². The first-order valence-electron chi connectivity index (χ1n) is 11.7. The number of aromatic nitrogens is 2. The average molecular weight is 469 g/mol. The van der Waals surface area contributed by atoms with E-state index in [1.807, 2.05) is 0 Å². The number of amides is 2. The second kappa shape index (κ2) is 10.5. The molecular formula is C24H29FN6O3. The van der Waals surface area contributed by atoms with Crippen molar-refractivity contribution in [1.82, 2.24) is 14.7 Å². The predicted molar refractivity (Wildman–Crippen MR) is 123 cm³/mol. The molecule has 0 bridgehead atoms. The first kappa shape index (κ1) is 23.5. The molecule has 2 aromatic rings. The third-order valence-corrected chi connectivity index (χ3v) is 6.66. The van der Waals surface area contributed by atoms with E-state index in [1.54, 1.807) is 15.8 Å². The number of halogens is 1. The zero-order valence-corrected chi connectivity index (χ0v) is 19.0. The van der Waals surface area contributed by atoms with E-state index in [0.717, 1.165) is 25.7 Å². The van der Waals surface area contributed by atoms with Crippen molar-refractivity contribution in [2.45, 2.75) is 57.1 Å². The highest BCUT2D eigenvalue weighted by Crippen LogP contribution is 2.33. The lowest BCUT2D eigenvalue weighted by molar-refractivity contribution is 0.0509. The van der Waals surface area contributed by atoms with Gasteiger partial charge in [0.1, 0.15) is 17.5 Å². The molecule has 180 valence electrons. The number of benzene rings is 1. The van der Waals surface area contributed by atoms with Crippen LogP contribution in [0.25, 0.3) is 0 Å². The Bertz CT molecular complexity index is 1050. The van der Waals surface area contributed by atoms with Crippen molar-refractivity contribution in [2.75, 3.05) is 18.4 Å². The molecule has 1 aliphatic carbocycles. The van der Waals surface area contributed by atoms with Crippen molar-refractivity contribution in [1.29, 1.82) is 5.26 Å². The molecule has 0 radical (unpaired) electrons. The number of nitrogens with two attached hydrogens (primary N) is 1. The summed E-state index contributed by atoms with van der Waals surface area (Å²) in [6.07, 6.45) is 6.98. The number of hydrogen-bond donors (Lipinski definition) is 2. The number of likely N-dealkylation sites (tertiary alicyclic amines) is 1. The molecule has 2 amide bonds. The minimum atomic E-state index is -0.656. The highest BCUT2D eigenvalue weighted by Gasteiger charge is 2.32. The monoisotopic (exact) mass is 468 g/mol. The fraction of sp³-hybridized carbons (Fsp3) is 0.500. The standard InChI is InChI=1S/C24H29FN6O3/c25-17-5-7-18(8-6-17)28-23-20(22(27)32)15-31(29-23)21(9-12-26)16-10-13-30(14-11-16)24(33)34-19-3-1-2-4-19/h5-8,15-16,19,21H,1-4,9-11,13-14H2,(H2,27,32)(H,28,29)/t21-/m0/s1. The molecule has 2 aliphatic rings. The Balaban J connectivity index is 1.45. The molecular weight excluding hydrogens is 439 g/mol. The minimum absolute atomic E-state index is 0.0277. The summed E-state index contributed by atoms with van der Waals surface area (Å²) in [4.78, 5) is 26.3. The van der Waals surface area contributed by atoms with E-state index in [2.05, 4.69) is 16.5 Å². The molecule has 4 rings (SSSR count). The normalized spacial score (nSPS) is 17.8. The van der Waals surface area contributed by atoms with Gasteiger partial charge in [-0.1, -0.05) is 0 Å². The number of ether oxygens (including phenoxy) is 1. The van der Waals surface area contributed by atoms with Crippen LogP contribution in [-0.2, 0) is 4.74 Å². The summed E-state index contributed by atoms with van der Waals surface area (Å²) in [5.41, 5.74) is 6.30. The Labute approximate surface area is 197 Å². The van der Waals surface area contributed by atoms with Gasteiger partial charge in [-0.3, -0.25) is 9.48 Å². The summed E-state index contributed by atoms with van der Waals surface area (Å²) in [7, 11) is 0. The molecule has 1 aromatic carbocycles. The van der Waals surface area contributed by atoms with Gasteiger partial charge in [-0.05, 0) is 68.7 Å². The molecule has 1 aromatic heterocycles. The summed E-state index contributed by atoms with van der Waals surface area (Å²) < 4.78 is 20.5. The molecule has 3 N–H and O–H groups in total. The van der Waals surface area contributed by atoms with Crippen LogP contribution in [0.3, 0.4) is 0 Å². The summed E-state index contributed by atoms with van der Waals surface area (Å²) >= 11 is 0. The molecule has 10 heteroatoms. The Morgan fingerprint density at radius 1 is 1.21 bits per heavy atom. The van der Waals surface area contributed by atoms with E-state index in [1.165, 1.54) is 24.3 Å². The van der Waals surface area contributed by atoms with Crippen molar-refractivity contribution in [2.24, 2.45) is 11.7 Å². The number of rotatable bonds is 7. The zero-order chi connectivity index (χ0) is 24.1. The van der Waals surface area contributed by atoms with Crippen LogP contribution in [-0.4, -0.2) is 45.9 Å². The lowest BCUT2D eigenvalue weighted by atomic mass is 9.88. The number of carbonyl (C=O) groups is 2. The van der Waals surface area contributed by atoms with Crippen LogP contribution in [0.4, 0.5) is 20.7 Å². The van der Waals surface area contributed by atoms with Gasteiger partial charge in [0, 0.05) is 25.0 Å². The topological polar surface area (TPSA) is 126 Å². The number of primary amides is 1. The molecule has 9 nitrogen and oxygen atoms in total. The highest BCUT2D eigenvalue weighted by atomic mass is 19.1. The summed E-state index contributed by atoms with van der Waals surface area (Å²) in [6, 6.07) is 7.60. The van der Waals surface area contributed by atoms with Crippen LogP contribution in [0.15, 0.2) is 30.5 Å². The number of anilines is 2. The minimum Gasteiger partial charge on any atom is -0.446 e. The van der Waals surface area contributed by atoms with E-state index in [-0.39, 0.29) is 47.8 Å². The van der Waals surface area contributed by atoms with Gasteiger partial charge < -0.3 is 20.7 Å². The smallest absolute Gasteiger partial charge is 0.410 e. The van der Waals surface area contributed by atoms with Crippen molar-refractivity contribution in [3.8, 4) is 6.07 Å². The van der Waals surface area contributed by atoms with Crippen LogP contribution in [0, 0.1) is 23.1 Å². The molecule has 0 unspecified atom stereocenters. The van der Waals surface area contributed by atoms with Gasteiger partial charge in [-0.2, -0.15) is 10.4 Å². The van der Waals surface area contributed by atoms with E-state index in [4.69, 9.17) is 10.5 Å². The number of carbonyl (C=O) groups excluding carboxylic acids is 2. The summed E-state index contributed by atoms with van der Waals surface area (Å²) in [5, 5.41) is 17.0. The average Bonchev–Trinajstić information content (AvgIpc) is 3.49. The predicted octanol–water partition coefficient (Wildman–Crippen LogP) is 4.11. The van der Waals surface area contributed by atoms with E-state index in [9.17, 15) is 19.2 Å². The van der Waals surface area contributed by atoms with E-state index in [0.29, 0.717) is 31.6 Å². The molecule has 1 saturated carbocycles. The maximum Gasteiger partial charge on any atom is 0.410 e. The van der Waals surface area contributed by atoms with Gasteiger partial charge in [0.05, 0.1) is 18.5 Å². The largest absolute Gasteiger partial charge is 0.446 e. The molecule has 34 heavy (non-hydrogen) atoms. The Morgan fingerprint density at radius 2 is 1.88 bits per heavy atom. The quantitative estimate of drug-likeness (QED) is 0.630. The van der Waals surface area contributed by atoms with Gasteiger partial charge in [-0.15, -0.1) is 0 Å². The number of piperidine rings is 1. The SMILES string of the molecule is N#CC[C@@H](C1CCN(C(=O)OC2CCCC2)CC1)n1cc(C(N)=O)c(Nc2ccc(F)cc2)n1. The van der Waals surface area contributed by atoms with Crippen LogP contribution in [0.2, 0.25) is 0 Å². The third kappa shape index (κ3) is 5.47.